The number of rotatable bonds is 0. The third-order valence-corrected chi connectivity index (χ3v) is 0.843. The van der Waals surface area contributed by atoms with Crippen LogP contribution in [0.25, 0.3) is 0 Å². The zero-order valence-electron chi connectivity index (χ0n) is 8.38. The molecule has 0 heterocycles. The van der Waals surface area contributed by atoms with Gasteiger partial charge >= 0.3 is 0 Å². The van der Waals surface area contributed by atoms with Crippen LogP contribution in [0.4, 0.5) is 0 Å². The molecule has 1 rings (SSSR count). The van der Waals surface area contributed by atoms with Gasteiger partial charge in [-0.1, -0.05) is 19.9 Å². The van der Waals surface area contributed by atoms with E-state index in [1.807, 2.05) is 44.2 Å². The molecule has 0 atom stereocenters. The van der Waals surface area contributed by atoms with Gasteiger partial charge in [0, 0.05) is 32.7 Å². The summed E-state index contributed by atoms with van der Waals surface area (Å²) in [4.78, 5) is 0. The Hall–Kier alpha value is 0.194. The van der Waals surface area contributed by atoms with Crippen LogP contribution in [-0.4, -0.2) is 0 Å². The molecule has 0 bridgehead atoms. The van der Waals surface area contributed by atoms with Gasteiger partial charge in [0.05, 0.1) is 0 Å². The van der Waals surface area contributed by atoms with Crippen molar-refractivity contribution in [2.75, 3.05) is 0 Å². The van der Waals surface area contributed by atoms with E-state index < -0.39 is 0 Å². The fourth-order valence-corrected chi connectivity index (χ4v) is 0.478. The second-order valence-electron chi connectivity index (χ2n) is 1.49. The minimum atomic E-state index is 0. The van der Waals surface area contributed by atoms with Crippen molar-refractivity contribution in [2.45, 2.75) is 20.8 Å². The molecule has 0 saturated carbocycles. The summed E-state index contributed by atoms with van der Waals surface area (Å²) in [5.41, 5.74) is 1.07. The first kappa shape index (κ1) is 18.1. The van der Waals surface area contributed by atoms with Crippen molar-refractivity contribution in [1.29, 1.82) is 0 Å². The maximum absolute atomic E-state index is 3.72. The molecule has 0 spiro atoms. The van der Waals surface area contributed by atoms with Gasteiger partial charge in [-0.15, -0.1) is 12.1 Å². The summed E-state index contributed by atoms with van der Waals surface area (Å²) in [6.07, 6.45) is 0. The molecule has 0 saturated heterocycles. The summed E-state index contributed by atoms with van der Waals surface area (Å²) < 4.78 is 0. The number of benzene rings is 1. The van der Waals surface area contributed by atoms with E-state index in [4.69, 9.17) is 0 Å². The van der Waals surface area contributed by atoms with Crippen molar-refractivity contribution >= 4 is 0 Å². The zero-order valence-corrected chi connectivity index (χ0v) is 11.2. The zero-order chi connectivity index (χ0) is 9.11. The maximum Gasteiger partial charge on any atom is 0 e. The first-order valence-corrected chi connectivity index (χ1v) is 3.97. The van der Waals surface area contributed by atoms with E-state index in [9.17, 15) is 0 Å². The van der Waals surface area contributed by atoms with Gasteiger partial charge in [0.15, 0.2) is 0 Å². The molecule has 0 fully saturated rings. The average molecular weight is 239 g/mol. The molecule has 0 aliphatic rings. The van der Waals surface area contributed by atoms with E-state index in [1.54, 1.807) is 6.92 Å². The third kappa shape index (κ3) is 12.8. The summed E-state index contributed by atoms with van der Waals surface area (Å²) in [7, 11) is 0. The van der Waals surface area contributed by atoms with E-state index in [0.717, 1.165) is 5.56 Å². The fourth-order valence-electron chi connectivity index (χ4n) is 0.478. The second kappa shape index (κ2) is 17.3. The molecular weight excluding hydrogens is 221 g/mol. The van der Waals surface area contributed by atoms with E-state index in [0.29, 0.717) is 0 Å². The van der Waals surface area contributed by atoms with Crippen LogP contribution in [0.15, 0.2) is 30.3 Å². The van der Waals surface area contributed by atoms with Crippen molar-refractivity contribution in [3.63, 3.8) is 0 Å². The normalized spacial score (nSPS) is 6.00. The van der Waals surface area contributed by atoms with E-state index in [2.05, 4.69) is 13.8 Å². The number of hydrogen-bond donors (Lipinski definition) is 0. The minimum absolute atomic E-state index is 0. The summed E-state index contributed by atoms with van der Waals surface area (Å²) >= 11 is 0. The Bertz CT molecular complexity index is 135. The molecule has 0 aliphatic heterocycles. The van der Waals surface area contributed by atoms with Gasteiger partial charge in [-0.25, -0.2) is 0 Å². The topological polar surface area (TPSA) is 0 Å². The summed E-state index contributed by atoms with van der Waals surface area (Å²) in [6, 6.07) is 9.87. The Morgan fingerprint density at radius 1 is 0.917 bits per heavy atom. The van der Waals surface area contributed by atoms with Crippen molar-refractivity contribution in [1.82, 2.24) is 0 Å². The summed E-state index contributed by atoms with van der Waals surface area (Å²) in [5, 5.41) is 0. The fraction of sp³-hybridized carbons (Fsp3) is 0.273. The van der Waals surface area contributed by atoms with E-state index in [1.165, 1.54) is 0 Å². The molecule has 0 amide bonds. The molecule has 67 valence electrons. The number of hydrogen-bond acceptors (Lipinski definition) is 0. The summed E-state index contributed by atoms with van der Waals surface area (Å²) in [5.74, 6) is 0. The average Bonchev–Trinajstić information content (AvgIpc) is 2.13. The van der Waals surface area contributed by atoms with Crippen molar-refractivity contribution in [3.8, 4) is 0 Å². The molecule has 12 heavy (non-hydrogen) atoms. The van der Waals surface area contributed by atoms with Crippen molar-refractivity contribution in [3.05, 3.63) is 49.7 Å². The molecule has 0 aromatic heterocycles. The van der Waals surface area contributed by atoms with Crippen molar-refractivity contribution in [2.24, 2.45) is 0 Å². The molecule has 1 aromatic rings. The SMILES string of the molecule is CC.[CH2-]C.[CH2-]c1ccccc1.[Y]. The van der Waals surface area contributed by atoms with Crippen LogP contribution in [-0.2, 0) is 32.7 Å². The van der Waals surface area contributed by atoms with Gasteiger partial charge in [0.25, 0.3) is 0 Å². The Morgan fingerprint density at radius 3 is 1.42 bits per heavy atom. The molecule has 0 aliphatic carbocycles. The van der Waals surface area contributed by atoms with Crippen LogP contribution in [0.2, 0.25) is 0 Å². The Morgan fingerprint density at radius 2 is 1.25 bits per heavy atom. The maximum atomic E-state index is 3.72. The first-order chi connectivity index (χ1) is 5.39. The standard InChI is InChI=1S/C7H7.C2H6.C2H5.Y/c1-7-5-3-2-4-6-7;2*1-2;/h2-6H,1H2;1-2H3;1H2,2H3;/q-1;;-1;. The van der Waals surface area contributed by atoms with Crippen LogP contribution in [0, 0.1) is 13.8 Å². The monoisotopic (exact) mass is 239 g/mol. The smallest absolute Gasteiger partial charge is 0 e. The molecule has 1 radical (unpaired) electrons. The molecule has 1 aromatic carbocycles. The molecule has 0 nitrogen and oxygen atoms in total. The first-order valence-electron chi connectivity index (χ1n) is 3.97. The van der Waals surface area contributed by atoms with Crippen LogP contribution < -0.4 is 0 Å². The van der Waals surface area contributed by atoms with Crippen LogP contribution in [0.5, 0.6) is 0 Å². The van der Waals surface area contributed by atoms with Crippen LogP contribution in [0.1, 0.15) is 26.3 Å². The van der Waals surface area contributed by atoms with E-state index in [-0.39, 0.29) is 32.7 Å². The second-order valence-corrected chi connectivity index (χ2v) is 1.49. The van der Waals surface area contributed by atoms with E-state index >= 15 is 0 Å². The molecular formula is C11H18Y-2. The predicted molar refractivity (Wildman–Crippen MR) is 53.3 cm³/mol. The van der Waals surface area contributed by atoms with Crippen LogP contribution in [0.3, 0.4) is 0 Å². The molecule has 0 N–H and O–H groups in total. The van der Waals surface area contributed by atoms with Gasteiger partial charge in [0.1, 0.15) is 0 Å². The van der Waals surface area contributed by atoms with Gasteiger partial charge in [-0.05, 0) is 0 Å². The molecule has 1 heteroatoms. The largest absolute Gasteiger partial charge is 0.346 e. The molecule has 0 unspecified atom stereocenters. The third-order valence-electron chi connectivity index (χ3n) is 0.843. The predicted octanol–water partition coefficient (Wildman–Crippen LogP) is 3.73. The van der Waals surface area contributed by atoms with Gasteiger partial charge in [0.2, 0.25) is 0 Å². The Kier molecular flexibility index (Phi) is 26.1. The van der Waals surface area contributed by atoms with Gasteiger partial charge < -0.3 is 6.92 Å². The Labute approximate surface area is 103 Å². The van der Waals surface area contributed by atoms with Gasteiger partial charge in [-0.3, -0.25) is 0 Å². The quantitative estimate of drug-likeness (QED) is 0.605. The van der Waals surface area contributed by atoms with Crippen molar-refractivity contribution < 1.29 is 32.7 Å². The summed E-state index contributed by atoms with van der Waals surface area (Å²) in [6.45, 7) is 12.7. The Balaban J connectivity index is -0.000000144. The van der Waals surface area contributed by atoms with Crippen LogP contribution >= 0.6 is 0 Å². The van der Waals surface area contributed by atoms with Gasteiger partial charge in [-0.2, -0.15) is 31.5 Å². The minimum Gasteiger partial charge on any atom is -0.346 e.